The molecule has 0 saturated carbocycles. The van der Waals surface area contributed by atoms with Gasteiger partial charge in [0, 0.05) is 4.88 Å². The first-order chi connectivity index (χ1) is 10.6. The fourth-order valence-corrected chi connectivity index (χ4v) is 4.26. The van der Waals surface area contributed by atoms with E-state index in [0.29, 0.717) is 5.82 Å². The van der Waals surface area contributed by atoms with Crippen molar-refractivity contribution in [1.29, 1.82) is 0 Å². The van der Waals surface area contributed by atoms with Crippen molar-refractivity contribution in [1.82, 2.24) is 9.97 Å². The van der Waals surface area contributed by atoms with Crippen LogP contribution in [0.4, 0.5) is 5.82 Å². The fraction of sp³-hybridized carbons (Fsp3) is 0.562. The number of nitrogens with zero attached hydrogens (tertiary/aromatic N) is 2. The van der Waals surface area contributed by atoms with Crippen LogP contribution in [0.5, 0.6) is 0 Å². The van der Waals surface area contributed by atoms with Gasteiger partial charge in [-0.05, 0) is 37.2 Å². The van der Waals surface area contributed by atoms with Gasteiger partial charge in [0.05, 0.1) is 5.39 Å². The highest BCUT2D eigenvalue weighted by molar-refractivity contribution is 7.19. The Morgan fingerprint density at radius 1 is 1.41 bits per heavy atom. The predicted octanol–water partition coefficient (Wildman–Crippen LogP) is 3.48. The van der Waals surface area contributed by atoms with Gasteiger partial charge in [-0.25, -0.2) is 14.8 Å². The van der Waals surface area contributed by atoms with Crippen molar-refractivity contribution in [2.45, 2.75) is 52.0 Å². The zero-order valence-corrected chi connectivity index (χ0v) is 13.7. The minimum atomic E-state index is -0.829. The van der Waals surface area contributed by atoms with Crippen LogP contribution in [0.3, 0.4) is 0 Å². The van der Waals surface area contributed by atoms with E-state index in [4.69, 9.17) is 0 Å². The molecule has 118 valence electrons. The third kappa shape index (κ3) is 2.67. The van der Waals surface area contributed by atoms with Crippen molar-refractivity contribution in [3.8, 4) is 0 Å². The molecule has 0 fully saturated rings. The number of anilines is 1. The minimum absolute atomic E-state index is 0.0389. The average molecular weight is 319 g/mol. The molecule has 2 heterocycles. The largest absolute Gasteiger partial charge is 0.480 e. The van der Waals surface area contributed by atoms with Crippen LogP contribution in [-0.4, -0.2) is 27.1 Å². The van der Waals surface area contributed by atoms with Gasteiger partial charge in [-0.15, -0.1) is 11.3 Å². The summed E-state index contributed by atoms with van der Waals surface area (Å²) in [5.41, 5.74) is 1.32. The number of hydrogen-bond donors (Lipinski definition) is 2. The van der Waals surface area contributed by atoms with Gasteiger partial charge in [0.2, 0.25) is 0 Å². The number of aromatic nitrogens is 2. The molecule has 1 aliphatic rings. The summed E-state index contributed by atoms with van der Waals surface area (Å²) < 4.78 is 0. The van der Waals surface area contributed by atoms with Gasteiger partial charge in [0.25, 0.3) is 0 Å². The van der Waals surface area contributed by atoms with Crippen LogP contribution in [-0.2, 0) is 17.6 Å². The molecular formula is C16H21N3O2S. The van der Waals surface area contributed by atoms with Crippen LogP contribution in [0.2, 0.25) is 0 Å². The highest BCUT2D eigenvalue weighted by atomic mass is 32.1. The smallest absolute Gasteiger partial charge is 0.326 e. The molecule has 0 unspecified atom stereocenters. The van der Waals surface area contributed by atoms with Crippen LogP contribution < -0.4 is 5.32 Å². The highest BCUT2D eigenvalue weighted by Gasteiger charge is 2.26. The van der Waals surface area contributed by atoms with Gasteiger partial charge >= 0.3 is 5.97 Å². The molecule has 3 rings (SSSR count). The maximum absolute atomic E-state index is 11.6. The lowest BCUT2D eigenvalue weighted by Gasteiger charge is -2.21. The second-order valence-corrected chi connectivity index (χ2v) is 7.04. The fourth-order valence-electron chi connectivity index (χ4n) is 3.03. The highest BCUT2D eigenvalue weighted by Crippen LogP contribution is 2.38. The molecule has 5 nitrogen and oxygen atoms in total. The van der Waals surface area contributed by atoms with Crippen LogP contribution >= 0.6 is 11.3 Å². The molecule has 2 N–H and O–H groups in total. The summed E-state index contributed by atoms with van der Waals surface area (Å²) in [6.07, 6.45) is 6.88. The normalized spacial score (nSPS) is 17.0. The monoisotopic (exact) mass is 319 g/mol. The van der Waals surface area contributed by atoms with E-state index in [2.05, 4.69) is 15.3 Å². The molecule has 0 aliphatic heterocycles. The Hall–Kier alpha value is -1.69. The Morgan fingerprint density at radius 3 is 2.91 bits per heavy atom. The molecule has 0 amide bonds. The zero-order chi connectivity index (χ0) is 15.7. The number of carboxylic acid groups (broad SMARTS) is 1. The van der Waals surface area contributed by atoms with E-state index in [-0.39, 0.29) is 5.92 Å². The van der Waals surface area contributed by atoms with Crippen molar-refractivity contribution >= 4 is 33.3 Å². The molecule has 1 aliphatic carbocycles. The molecule has 0 radical (unpaired) electrons. The summed E-state index contributed by atoms with van der Waals surface area (Å²) in [6.45, 7) is 3.96. The second kappa shape index (κ2) is 6.20. The summed E-state index contributed by atoms with van der Waals surface area (Å²) in [7, 11) is 0. The number of hydrogen-bond acceptors (Lipinski definition) is 5. The molecule has 0 spiro atoms. The van der Waals surface area contributed by atoms with Crippen molar-refractivity contribution in [2.24, 2.45) is 5.92 Å². The predicted molar refractivity (Wildman–Crippen MR) is 88.6 cm³/mol. The first-order valence-corrected chi connectivity index (χ1v) is 8.68. The van der Waals surface area contributed by atoms with Gasteiger partial charge in [-0.3, -0.25) is 0 Å². The maximum atomic E-state index is 11.6. The van der Waals surface area contributed by atoms with Gasteiger partial charge < -0.3 is 10.4 Å². The lowest BCUT2D eigenvalue weighted by atomic mass is 9.96. The van der Waals surface area contributed by atoms with Gasteiger partial charge in [-0.2, -0.15) is 0 Å². The number of aliphatic carboxylic acids is 1. The van der Waals surface area contributed by atoms with E-state index < -0.39 is 12.0 Å². The van der Waals surface area contributed by atoms with Crippen molar-refractivity contribution in [3.63, 3.8) is 0 Å². The van der Waals surface area contributed by atoms with Gasteiger partial charge in [-0.1, -0.05) is 20.3 Å². The van der Waals surface area contributed by atoms with Crippen molar-refractivity contribution in [3.05, 3.63) is 16.8 Å². The lowest BCUT2D eigenvalue weighted by Crippen LogP contribution is -2.35. The number of fused-ring (bicyclic) bond motifs is 3. The van der Waals surface area contributed by atoms with Crippen molar-refractivity contribution < 1.29 is 9.90 Å². The van der Waals surface area contributed by atoms with E-state index in [1.165, 1.54) is 29.6 Å². The molecule has 2 aromatic rings. The Kier molecular flexibility index (Phi) is 4.29. The van der Waals surface area contributed by atoms with E-state index in [1.54, 1.807) is 11.3 Å². The third-order valence-electron chi connectivity index (χ3n) is 4.52. The first kappa shape index (κ1) is 15.2. The van der Waals surface area contributed by atoms with Gasteiger partial charge in [0.15, 0.2) is 0 Å². The van der Waals surface area contributed by atoms with Crippen molar-refractivity contribution in [2.75, 3.05) is 5.32 Å². The first-order valence-electron chi connectivity index (χ1n) is 7.86. The number of nitrogens with one attached hydrogen (secondary N) is 1. The Labute approximate surface area is 133 Å². The number of aryl methyl sites for hydroxylation is 2. The molecule has 0 saturated heterocycles. The average Bonchev–Trinajstić information content (AvgIpc) is 2.90. The summed E-state index contributed by atoms with van der Waals surface area (Å²) in [4.78, 5) is 22.7. The summed E-state index contributed by atoms with van der Waals surface area (Å²) in [6, 6.07) is -0.623. The summed E-state index contributed by atoms with van der Waals surface area (Å²) in [5, 5.41) is 13.7. The molecule has 2 aromatic heterocycles. The zero-order valence-electron chi connectivity index (χ0n) is 12.9. The van der Waals surface area contributed by atoms with E-state index >= 15 is 0 Å². The molecule has 6 heteroatoms. The Balaban J connectivity index is 2.03. The molecule has 22 heavy (non-hydrogen) atoms. The Bertz CT molecular complexity index is 698. The van der Waals surface area contributed by atoms with E-state index in [0.717, 1.165) is 29.5 Å². The third-order valence-corrected chi connectivity index (χ3v) is 5.72. The lowest BCUT2D eigenvalue weighted by molar-refractivity contribution is -0.139. The topological polar surface area (TPSA) is 75.1 Å². The number of rotatable bonds is 5. The quantitative estimate of drug-likeness (QED) is 0.882. The molecule has 0 aromatic carbocycles. The van der Waals surface area contributed by atoms with E-state index in [1.807, 2.05) is 13.8 Å². The summed E-state index contributed by atoms with van der Waals surface area (Å²) in [5.74, 6) is -0.112. The molecular weight excluding hydrogens is 298 g/mol. The maximum Gasteiger partial charge on any atom is 0.326 e. The molecule has 0 bridgehead atoms. The molecule has 2 atom stereocenters. The second-order valence-electron chi connectivity index (χ2n) is 5.96. The Morgan fingerprint density at radius 2 is 2.18 bits per heavy atom. The minimum Gasteiger partial charge on any atom is -0.480 e. The van der Waals surface area contributed by atoms with Crippen LogP contribution in [0.1, 0.15) is 43.6 Å². The number of carbonyl (C=O) groups is 1. The van der Waals surface area contributed by atoms with E-state index in [9.17, 15) is 9.90 Å². The SMILES string of the molecule is CC[C@@H](C)[C@@H](Nc1ncnc2sc3c(c12)CCCC3)C(=O)O. The number of carboxylic acids is 1. The number of thiophene rings is 1. The van der Waals surface area contributed by atoms with Crippen LogP contribution in [0.15, 0.2) is 6.33 Å². The standard InChI is InChI=1S/C16H21N3O2S/c1-3-9(2)13(16(20)21)19-14-12-10-6-4-5-7-11(10)22-15(12)18-8-17-14/h8-9,13H,3-7H2,1-2H3,(H,20,21)(H,17,18,19)/t9-,13-/m1/s1. The van der Waals surface area contributed by atoms with Crippen LogP contribution in [0, 0.1) is 5.92 Å². The van der Waals surface area contributed by atoms with Gasteiger partial charge in [0.1, 0.15) is 23.0 Å². The van der Waals surface area contributed by atoms with Crippen LogP contribution in [0.25, 0.3) is 10.2 Å². The summed E-state index contributed by atoms with van der Waals surface area (Å²) >= 11 is 1.72.